The van der Waals surface area contributed by atoms with Gasteiger partial charge in [0.1, 0.15) is 5.82 Å². The largest absolute Gasteiger partial charge is 0.397 e. The molecule has 3 N–H and O–H groups in total. The van der Waals surface area contributed by atoms with Crippen molar-refractivity contribution in [2.75, 3.05) is 17.6 Å². The van der Waals surface area contributed by atoms with E-state index in [9.17, 15) is 4.39 Å². The van der Waals surface area contributed by atoms with Crippen LogP contribution in [0.2, 0.25) is 0 Å². The quantitative estimate of drug-likeness (QED) is 0.787. The van der Waals surface area contributed by atoms with Gasteiger partial charge in [0.05, 0.1) is 11.4 Å². The van der Waals surface area contributed by atoms with Crippen LogP contribution in [0.4, 0.5) is 15.8 Å². The predicted octanol–water partition coefficient (Wildman–Crippen LogP) is 3.56. The van der Waals surface area contributed by atoms with Gasteiger partial charge in [0, 0.05) is 6.54 Å². The highest BCUT2D eigenvalue weighted by atomic mass is 19.1. The Hall–Kier alpha value is -1.25. The van der Waals surface area contributed by atoms with Gasteiger partial charge in [-0.2, -0.15) is 0 Å². The van der Waals surface area contributed by atoms with Crippen molar-refractivity contribution in [2.45, 2.75) is 33.1 Å². The second-order valence-corrected chi connectivity index (χ2v) is 5.35. The molecule has 2 unspecified atom stereocenters. The summed E-state index contributed by atoms with van der Waals surface area (Å²) in [6.07, 6.45) is 3.89. The van der Waals surface area contributed by atoms with Crippen LogP contribution in [0.5, 0.6) is 0 Å². The maximum atomic E-state index is 13.2. The number of anilines is 2. The number of aryl methyl sites for hydroxylation is 1. The number of hydrogen-bond acceptors (Lipinski definition) is 2. The van der Waals surface area contributed by atoms with Crippen molar-refractivity contribution in [1.82, 2.24) is 0 Å². The Morgan fingerprint density at radius 3 is 2.82 bits per heavy atom. The Morgan fingerprint density at radius 2 is 2.18 bits per heavy atom. The molecule has 1 aromatic rings. The smallest absolute Gasteiger partial charge is 0.128 e. The number of halogens is 1. The fraction of sp³-hybridized carbons (Fsp3) is 0.571. The lowest BCUT2D eigenvalue weighted by Crippen LogP contribution is -2.13. The fourth-order valence-electron chi connectivity index (χ4n) is 2.61. The van der Waals surface area contributed by atoms with E-state index in [1.165, 1.54) is 25.3 Å². The molecule has 1 fully saturated rings. The van der Waals surface area contributed by atoms with Gasteiger partial charge in [-0.3, -0.25) is 0 Å². The molecule has 94 valence electrons. The molecule has 0 radical (unpaired) electrons. The topological polar surface area (TPSA) is 38.0 Å². The lowest BCUT2D eigenvalue weighted by Gasteiger charge is -2.14. The van der Waals surface area contributed by atoms with E-state index in [4.69, 9.17) is 5.73 Å². The average molecular weight is 236 g/mol. The molecule has 1 aliphatic rings. The summed E-state index contributed by atoms with van der Waals surface area (Å²) in [4.78, 5) is 0. The molecular formula is C14H21FN2. The van der Waals surface area contributed by atoms with E-state index in [1.807, 2.05) is 0 Å². The summed E-state index contributed by atoms with van der Waals surface area (Å²) >= 11 is 0. The average Bonchev–Trinajstić information content (AvgIpc) is 2.68. The molecule has 0 bridgehead atoms. The molecular weight excluding hydrogens is 215 g/mol. The van der Waals surface area contributed by atoms with Gasteiger partial charge in [-0.1, -0.05) is 13.3 Å². The third kappa shape index (κ3) is 2.90. The monoisotopic (exact) mass is 236 g/mol. The second kappa shape index (κ2) is 4.94. The molecule has 0 spiro atoms. The molecule has 0 heterocycles. The maximum absolute atomic E-state index is 13.2. The first-order valence-electron chi connectivity index (χ1n) is 6.35. The summed E-state index contributed by atoms with van der Waals surface area (Å²) in [5.74, 6) is 1.34. The third-order valence-corrected chi connectivity index (χ3v) is 3.72. The molecule has 2 rings (SSSR count). The molecule has 2 atom stereocenters. The minimum Gasteiger partial charge on any atom is -0.397 e. The summed E-state index contributed by atoms with van der Waals surface area (Å²) in [6, 6.07) is 3.19. The highest BCUT2D eigenvalue weighted by Gasteiger charge is 2.21. The van der Waals surface area contributed by atoms with Crippen LogP contribution in [0.1, 0.15) is 31.7 Å². The second-order valence-electron chi connectivity index (χ2n) is 5.35. The molecule has 0 saturated heterocycles. The molecule has 1 saturated carbocycles. The lowest BCUT2D eigenvalue weighted by atomic mass is 10.1. The molecule has 3 heteroatoms. The van der Waals surface area contributed by atoms with Crippen molar-refractivity contribution >= 4 is 11.4 Å². The molecule has 0 aromatic heterocycles. The first-order valence-corrected chi connectivity index (χ1v) is 6.35. The van der Waals surface area contributed by atoms with E-state index in [1.54, 1.807) is 13.0 Å². The van der Waals surface area contributed by atoms with E-state index in [0.717, 1.165) is 24.1 Å². The van der Waals surface area contributed by atoms with Crippen LogP contribution in [-0.4, -0.2) is 6.54 Å². The highest BCUT2D eigenvalue weighted by molar-refractivity contribution is 5.67. The van der Waals surface area contributed by atoms with Gasteiger partial charge in [-0.05, 0) is 49.3 Å². The molecule has 1 aliphatic carbocycles. The number of hydrogen-bond donors (Lipinski definition) is 2. The van der Waals surface area contributed by atoms with Crippen LogP contribution in [0.15, 0.2) is 12.1 Å². The fourth-order valence-corrected chi connectivity index (χ4v) is 2.61. The summed E-state index contributed by atoms with van der Waals surface area (Å²) < 4.78 is 13.2. The summed E-state index contributed by atoms with van der Waals surface area (Å²) in [5, 5.41) is 3.35. The van der Waals surface area contributed by atoms with Gasteiger partial charge < -0.3 is 11.1 Å². The van der Waals surface area contributed by atoms with Crippen LogP contribution in [-0.2, 0) is 0 Å². The Kier molecular flexibility index (Phi) is 3.55. The summed E-state index contributed by atoms with van der Waals surface area (Å²) in [7, 11) is 0. The minimum atomic E-state index is -0.234. The SMILES string of the molecule is Cc1cc(NCC2CCC(C)C2)c(N)cc1F. The van der Waals surface area contributed by atoms with Crippen molar-refractivity contribution in [2.24, 2.45) is 11.8 Å². The Morgan fingerprint density at radius 1 is 1.41 bits per heavy atom. The number of nitrogens with one attached hydrogen (secondary N) is 1. The van der Waals surface area contributed by atoms with Gasteiger partial charge in [0.25, 0.3) is 0 Å². The molecule has 2 nitrogen and oxygen atoms in total. The maximum Gasteiger partial charge on any atom is 0.128 e. The van der Waals surface area contributed by atoms with Crippen molar-refractivity contribution in [3.05, 3.63) is 23.5 Å². The van der Waals surface area contributed by atoms with Crippen LogP contribution in [0.25, 0.3) is 0 Å². The van der Waals surface area contributed by atoms with E-state index in [0.29, 0.717) is 11.3 Å². The molecule has 0 amide bonds. The van der Waals surface area contributed by atoms with Crippen molar-refractivity contribution in [3.8, 4) is 0 Å². The Labute approximate surface area is 102 Å². The van der Waals surface area contributed by atoms with Crippen LogP contribution >= 0.6 is 0 Å². The standard InChI is InChI=1S/C14H21FN2/c1-9-3-4-11(5-9)8-17-14-6-10(2)12(15)7-13(14)16/h6-7,9,11,17H,3-5,8,16H2,1-2H3. The Balaban J connectivity index is 1.97. The van der Waals surface area contributed by atoms with Gasteiger partial charge in [0.15, 0.2) is 0 Å². The van der Waals surface area contributed by atoms with E-state index < -0.39 is 0 Å². The number of benzene rings is 1. The predicted molar refractivity (Wildman–Crippen MR) is 70.5 cm³/mol. The van der Waals surface area contributed by atoms with Crippen molar-refractivity contribution in [3.63, 3.8) is 0 Å². The molecule has 17 heavy (non-hydrogen) atoms. The van der Waals surface area contributed by atoms with E-state index in [2.05, 4.69) is 12.2 Å². The number of rotatable bonds is 3. The van der Waals surface area contributed by atoms with E-state index >= 15 is 0 Å². The van der Waals surface area contributed by atoms with Crippen LogP contribution < -0.4 is 11.1 Å². The zero-order chi connectivity index (χ0) is 12.4. The van der Waals surface area contributed by atoms with Gasteiger partial charge >= 0.3 is 0 Å². The zero-order valence-corrected chi connectivity index (χ0v) is 10.6. The van der Waals surface area contributed by atoms with E-state index in [-0.39, 0.29) is 5.82 Å². The van der Waals surface area contributed by atoms with Crippen molar-refractivity contribution in [1.29, 1.82) is 0 Å². The summed E-state index contributed by atoms with van der Waals surface area (Å²) in [5.41, 5.74) is 7.80. The van der Waals surface area contributed by atoms with Gasteiger partial charge in [-0.25, -0.2) is 4.39 Å². The van der Waals surface area contributed by atoms with Crippen LogP contribution in [0.3, 0.4) is 0 Å². The zero-order valence-electron chi connectivity index (χ0n) is 10.6. The normalized spacial score (nSPS) is 23.9. The first kappa shape index (κ1) is 12.2. The minimum absolute atomic E-state index is 0.234. The Bertz CT molecular complexity index is 403. The molecule has 1 aromatic carbocycles. The van der Waals surface area contributed by atoms with Crippen LogP contribution in [0, 0.1) is 24.6 Å². The van der Waals surface area contributed by atoms with Gasteiger partial charge in [0.2, 0.25) is 0 Å². The van der Waals surface area contributed by atoms with Crippen molar-refractivity contribution < 1.29 is 4.39 Å². The number of nitrogen functional groups attached to an aromatic ring is 1. The highest BCUT2D eigenvalue weighted by Crippen LogP contribution is 2.31. The first-order chi connectivity index (χ1) is 8.06. The molecule has 0 aliphatic heterocycles. The third-order valence-electron chi connectivity index (χ3n) is 3.72. The lowest BCUT2D eigenvalue weighted by molar-refractivity contribution is 0.537. The van der Waals surface area contributed by atoms with Gasteiger partial charge in [-0.15, -0.1) is 0 Å². The number of nitrogens with two attached hydrogens (primary N) is 1. The summed E-state index contributed by atoms with van der Waals surface area (Å²) in [6.45, 7) is 5.01.